The van der Waals surface area contributed by atoms with Gasteiger partial charge in [-0.1, -0.05) is 12.1 Å². The van der Waals surface area contributed by atoms with Gasteiger partial charge in [0.25, 0.3) is 11.5 Å². The molecule has 0 saturated carbocycles. The Kier molecular flexibility index (Phi) is 2.70. The summed E-state index contributed by atoms with van der Waals surface area (Å²) in [6.07, 6.45) is 0. The van der Waals surface area contributed by atoms with E-state index in [1.54, 1.807) is 18.2 Å². The summed E-state index contributed by atoms with van der Waals surface area (Å²) in [4.78, 5) is 11.1. The number of rotatable bonds is 2. The molecule has 0 aliphatic rings. The number of carbonyl (C=O) groups is 1. The SMILES string of the molecule is COc1cccc2cc(C(N)=O)c(=NO)oc12. The number of nitrogens with two attached hydrogens (primary N) is 1. The van der Waals surface area contributed by atoms with Crippen molar-refractivity contribution in [2.24, 2.45) is 10.9 Å². The van der Waals surface area contributed by atoms with Crippen molar-refractivity contribution >= 4 is 16.9 Å². The molecule has 3 N–H and O–H groups in total. The van der Waals surface area contributed by atoms with E-state index in [4.69, 9.17) is 20.1 Å². The second-order valence-corrected chi connectivity index (χ2v) is 3.31. The summed E-state index contributed by atoms with van der Waals surface area (Å²) in [6, 6.07) is 6.65. The summed E-state index contributed by atoms with van der Waals surface area (Å²) in [5, 5.41) is 12.3. The molecule has 6 heteroatoms. The molecule has 0 aliphatic heterocycles. The fraction of sp³-hybridized carbons (Fsp3) is 0.0909. The Bertz CT molecular complexity index is 645. The topological polar surface area (TPSA) is 98.1 Å². The summed E-state index contributed by atoms with van der Waals surface area (Å²) >= 11 is 0. The van der Waals surface area contributed by atoms with Crippen molar-refractivity contribution in [2.45, 2.75) is 0 Å². The average molecular weight is 234 g/mol. The number of fused-ring (bicyclic) bond motifs is 1. The van der Waals surface area contributed by atoms with Crippen molar-refractivity contribution < 1.29 is 19.2 Å². The molecule has 1 amide bonds. The number of methoxy groups -OCH3 is 1. The summed E-state index contributed by atoms with van der Waals surface area (Å²) < 4.78 is 10.4. The molecule has 0 spiro atoms. The minimum atomic E-state index is -0.730. The van der Waals surface area contributed by atoms with Gasteiger partial charge in [0.2, 0.25) is 0 Å². The van der Waals surface area contributed by atoms with Crippen molar-refractivity contribution in [3.05, 3.63) is 35.4 Å². The minimum Gasteiger partial charge on any atom is -0.493 e. The van der Waals surface area contributed by atoms with Crippen molar-refractivity contribution in [1.29, 1.82) is 0 Å². The van der Waals surface area contributed by atoms with Crippen LogP contribution in [-0.4, -0.2) is 18.2 Å². The fourth-order valence-corrected chi connectivity index (χ4v) is 1.54. The molecule has 1 aromatic carbocycles. The lowest BCUT2D eigenvalue weighted by Gasteiger charge is -2.04. The van der Waals surface area contributed by atoms with Crippen LogP contribution in [0, 0.1) is 0 Å². The van der Waals surface area contributed by atoms with Crippen molar-refractivity contribution in [1.82, 2.24) is 0 Å². The molecular formula is C11H10N2O4. The highest BCUT2D eigenvalue weighted by atomic mass is 16.5. The van der Waals surface area contributed by atoms with Gasteiger partial charge in [0.05, 0.1) is 7.11 Å². The highest BCUT2D eigenvalue weighted by Gasteiger charge is 2.11. The van der Waals surface area contributed by atoms with Crippen molar-refractivity contribution in [2.75, 3.05) is 7.11 Å². The van der Waals surface area contributed by atoms with Gasteiger partial charge in [-0.15, -0.1) is 0 Å². The van der Waals surface area contributed by atoms with Gasteiger partial charge in [-0.05, 0) is 17.3 Å². The lowest BCUT2D eigenvalue weighted by atomic mass is 10.1. The Morgan fingerprint density at radius 2 is 2.29 bits per heavy atom. The van der Waals surface area contributed by atoms with E-state index in [9.17, 15) is 4.79 Å². The molecule has 6 nitrogen and oxygen atoms in total. The predicted octanol–water partition coefficient (Wildman–Crippen LogP) is 0.830. The van der Waals surface area contributed by atoms with Gasteiger partial charge in [0.15, 0.2) is 11.3 Å². The molecule has 1 heterocycles. The minimum absolute atomic E-state index is 0.00764. The van der Waals surface area contributed by atoms with Crippen LogP contribution in [0.1, 0.15) is 10.4 Å². The quantitative estimate of drug-likeness (QED) is 0.594. The molecule has 88 valence electrons. The fourth-order valence-electron chi connectivity index (χ4n) is 1.54. The number of amides is 1. The van der Waals surface area contributed by atoms with Crippen LogP contribution < -0.4 is 16.0 Å². The first-order chi connectivity index (χ1) is 8.17. The third-order valence-electron chi connectivity index (χ3n) is 2.31. The number of primary amides is 1. The van der Waals surface area contributed by atoms with E-state index in [0.29, 0.717) is 16.7 Å². The molecule has 0 saturated heterocycles. The molecular weight excluding hydrogens is 224 g/mol. The predicted molar refractivity (Wildman–Crippen MR) is 58.6 cm³/mol. The maximum Gasteiger partial charge on any atom is 0.268 e. The smallest absolute Gasteiger partial charge is 0.268 e. The zero-order chi connectivity index (χ0) is 12.4. The molecule has 0 bridgehead atoms. The van der Waals surface area contributed by atoms with Crippen LogP contribution >= 0.6 is 0 Å². The molecule has 0 radical (unpaired) electrons. The van der Waals surface area contributed by atoms with Crippen LogP contribution in [0.3, 0.4) is 0 Å². The average Bonchev–Trinajstić information content (AvgIpc) is 2.36. The summed E-state index contributed by atoms with van der Waals surface area (Å²) in [5.74, 6) is -0.255. The first kappa shape index (κ1) is 11.0. The number of benzene rings is 1. The van der Waals surface area contributed by atoms with Gasteiger partial charge in [-0.3, -0.25) is 4.79 Å². The maximum absolute atomic E-state index is 11.1. The van der Waals surface area contributed by atoms with Gasteiger partial charge in [-0.2, -0.15) is 0 Å². The lowest BCUT2D eigenvalue weighted by molar-refractivity contribution is 0.0994. The molecule has 0 unspecified atom stereocenters. The summed E-state index contributed by atoms with van der Waals surface area (Å²) in [5.41, 5.74) is 5.30. The zero-order valence-corrected chi connectivity index (χ0v) is 9.01. The first-order valence-electron chi connectivity index (χ1n) is 4.76. The second-order valence-electron chi connectivity index (χ2n) is 3.31. The summed E-state index contributed by atoms with van der Waals surface area (Å²) in [7, 11) is 1.49. The van der Waals surface area contributed by atoms with Crippen LogP contribution in [0.5, 0.6) is 5.75 Å². The van der Waals surface area contributed by atoms with E-state index in [1.165, 1.54) is 13.2 Å². The van der Waals surface area contributed by atoms with Crippen LogP contribution in [-0.2, 0) is 0 Å². The van der Waals surface area contributed by atoms with E-state index >= 15 is 0 Å². The number of nitrogens with zero attached hydrogens (tertiary/aromatic N) is 1. The number of para-hydroxylation sites is 1. The van der Waals surface area contributed by atoms with Crippen molar-refractivity contribution in [3.8, 4) is 5.75 Å². The lowest BCUT2D eigenvalue weighted by Crippen LogP contribution is -2.21. The Labute approximate surface area is 95.9 Å². The van der Waals surface area contributed by atoms with Crippen LogP contribution in [0.4, 0.5) is 0 Å². The number of hydrogen-bond acceptors (Lipinski definition) is 5. The highest BCUT2D eigenvalue weighted by molar-refractivity contribution is 5.96. The molecule has 0 fully saturated rings. The van der Waals surface area contributed by atoms with E-state index in [0.717, 1.165) is 0 Å². The molecule has 2 aromatic rings. The number of ether oxygens (including phenoxy) is 1. The van der Waals surface area contributed by atoms with E-state index in [1.807, 2.05) is 0 Å². The first-order valence-corrected chi connectivity index (χ1v) is 4.76. The zero-order valence-electron chi connectivity index (χ0n) is 9.01. The highest BCUT2D eigenvalue weighted by Crippen LogP contribution is 2.24. The monoisotopic (exact) mass is 234 g/mol. The van der Waals surface area contributed by atoms with Crippen LogP contribution in [0.25, 0.3) is 11.0 Å². The Morgan fingerprint density at radius 3 is 2.88 bits per heavy atom. The molecule has 1 aromatic heterocycles. The molecule has 17 heavy (non-hydrogen) atoms. The Morgan fingerprint density at radius 1 is 1.53 bits per heavy atom. The van der Waals surface area contributed by atoms with Gasteiger partial charge in [0.1, 0.15) is 5.56 Å². The third-order valence-corrected chi connectivity index (χ3v) is 2.31. The standard InChI is InChI=1S/C11H10N2O4/c1-16-8-4-2-3-6-5-7(10(12)14)11(13-15)17-9(6)8/h2-5,15H,1H3,(H2,12,14). The second kappa shape index (κ2) is 4.17. The number of carbonyl (C=O) groups excluding carboxylic acids is 1. The van der Waals surface area contributed by atoms with Crippen molar-refractivity contribution in [3.63, 3.8) is 0 Å². The molecule has 0 aliphatic carbocycles. The maximum atomic E-state index is 11.1. The molecule has 0 atom stereocenters. The van der Waals surface area contributed by atoms with Gasteiger partial charge >= 0.3 is 0 Å². The molecule has 2 rings (SSSR count). The Hall–Kier alpha value is -2.50. The number of hydrogen-bond donors (Lipinski definition) is 2. The third kappa shape index (κ3) is 1.80. The van der Waals surface area contributed by atoms with E-state index in [-0.39, 0.29) is 11.1 Å². The Balaban J connectivity index is 2.88. The van der Waals surface area contributed by atoms with Crippen LogP contribution in [0.2, 0.25) is 0 Å². The van der Waals surface area contributed by atoms with E-state index < -0.39 is 5.91 Å². The van der Waals surface area contributed by atoms with Gasteiger partial charge < -0.3 is 20.1 Å². The van der Waals surface area contributed by atoms with Gasteiger partial charge in [-0.25, -0.2) is 0 Å². The summed E-state index contributed by atoms with van der Waals surface area (Å²) in [6.45, 7) is 0. The van der Waals surface area contributed by atoms with Crippen LogP contribution in [0.15, 0.2) is 33.8 Å². The van der Waals surface area contributed by atoms with E-state index in [2.05, 4.69) is 5.16 Å². The largest absolute Gasteiger partial charge is 0.493 e. The normalized spacial score (nSPS) is 11.7. The van der Waals surface area contributed by atoms with Gasteiger partial charge in [0, 0.05) is 5.39 Å².